The highest BCUT2D eigenvalue weighted by molar-refractivity contribution is 5.16. The summed E-state index contributed by atoms with van der Waals surface area (Å²) in [4.78, 5) is 10.8. The van der Waals surface area contributed by atoms with Gasteiger partial charge in [0.15, 0.2) is 0 Å². The van der Waals surface area contributed by atoms with Crippen molar-refractivity contribution in [1.82, 2.24) is 9.78 Å². The van der Waals surface area contributed by atoms with Gasteiger partial charge < -0.3 is 0 Å². The molecule has 0 saturated heterocycles. The van der Waals surface area contributed by atoms with E-state index in [1.807, 2.05) is 0 Å². The lowest BCUT2D eigenvalue weighted by Crippen LogP contribution is -2.03. The van der Waals surface area contributed by atoms with Gasteiger partial charge in [-0.3, -0.25) is 14.6 Å². The molecule has 0 spiro atoms. The molecule has 0 bridgehead atoms. The molecule has 1 N–H and O–H groups in total. The number of nitrogens with zero attached hydrogens (tertiary/aromatic N) is 1. The highest BCUT2D eigenvalue weighted by atomic mass is 19.3. The van der Waals surface area contributed by atoms with E-state index < -0.39 is 12.0 Å². The van der Waals surface area contributed by atoms with E-state index in [-0.39, 0.29) is 11.3 Å². The van der Waals surface area contributed by atoms with Gasteiger partial charge in [-0.2, -0.15) is 0 Å². The standard InChI is InChI=1S/C6H8F2N2O/c1-3-4(5(7)8)10(2)9-6(3)11/h5H,1-2H3,(H,9,11). The van der Waals surface area contributed by atoms with Crippen LogP contribution < -0.4 is 5.56 Å². The van der Waals surface area contributed by atoms with Crippen molar-refractivity contribution in [2.45, 2.75) is 13.3 Å². The summed E-state index contributed by atoms with van der Waals surface area (Å²) in [5.41, 5.74) is -0.611. The molecular weight excluding hydrogens is 154 g/mol. The Morgan fingerprint density at radius 1 is 1.55 bits per heavy atom. The lowest BCUT2D eigenvalue weighted by molar-refractivity contribution is 0.140. The summed E-state index contributed by atoms with van der Waals surface area (Å²) >= 11 is 0. The van der Waals surface area contributed by atoms with Crippen LogP contribution >= 0.6 is 0 Å². The number of halogens is 2. The van der Waals surface area contributed by atoms with E-state index in [4.69, 9.17) is 0 Å². The first-order chi connectivity index (χ1) is 5.04. The predicted molar refractivity (Wildman–Crippen MR) is 35.7 cm³/mol. The van der Waals surface area contributed by atoms with Gasteiger partial charge in [0.05, 0.1) is 0 Å². The molecule has 0 atom stereocenters. The van der Waals surface area contributed by atoms with E-state index in [2.05, 4.69) is 5.10 Å². The van der Waals surface area contributed by atoms with Crippen LogP contribution in [0, 0.1) is 6.92 Å². The molecule has 3 nitrogen and oxygen atoms in total. The Kier molecular flexibility index (Phi) is 1.80. The third kappa shape index (κ3) is 1.18. The molecule has 0 aliphatic carbocycles. The van der Waals surface area contributed by atoms with Gasteiger partial charge in [0.25, 0.3) is 12.0 Å². The molecule has 0 amide bonds. The van der Waals surface area contributed by atoms with Crippen LogP contribution in [0.5, 0.6) is 0 Å². The minimum atomic E-state index is -2.60. The quantitative estimate of drug-likeness (QED) is 0.656. The number of hydrogen-bond donors (Lipinski definition) is 1. The summed E-state index contributed by atoms with van der Waals surface area (Å²) in [6.07, 6.45) is -2.60. The van der Waals surface area contributed by atoms with Crippen LogP contribution in [0.15, 0.2) is 4.79 Å². The Balaban J connectivity index is 3.34. The van der Waals surface area contributed by atoms with E-state index in [0.29, 0.717) is 0 Å². The Morgan fingerprint density at radius 2 is 2.09 bits per heavy atom. The van der Waals surface area contributed by atoms with Crippen LogP contribution in [-0.4, -0.2) is 9.78 Å². The molecule has 62 valence electrons. The smallest absolute Gasteiger partial charge is 0.280 e. The third-order valence-corrected chi connectivity index (χ3v) is 1.56. The molecule has 0 saturated carbocycles. The Hall–Kier alpha value is -1.13. The second-order valence-electron chi connectivity index (χ2n) is 2.31. The molecule has 11 heavy (non-hydrogen) atoms. The van der Waals surface area contributed by atoms with Crippen LogP contribution in [0.4, 0.5) is 8.78 Å². The van der Waals surface area contributed by atoms with Gasteiger partial charge in [-0.1, -0.05) is 0 Å². The SMILES string of the molecule is Cc1c(C(F)F)n(C)[nH]c1=O. The predicted octanol–water partition coefficient (Wildman–Crippen LogP) is 0.959. The molecule has 0 unspecified atom stereocenters. The zero-order valence-electron chi connectivity index (χ0n) is 6.19. The molecule has 5 heteroatoms. The molecule has 0 aliphatic rings. The Labute approximate surface area is 61.6 Å². The van der Waals surface area contributed by atoms with Crippen LogP contribution in [0.3, 0.4) is 0 Å². The summed E-state index contributed by atoms with van der Waals surface area (Å²) in [5.74, 6) is 0. The van der Waals surface area contributed by atoms with Crippen LogP contribution in [0.1, 0.15) is 17.7 Å². The molecule has 0 aromatic carbocycles. The molecule has 1 heterocycles. The summed E-state index contributed by atoms with van der Waals surface area (Å²) in [6, 6.07) is 0. The van der Waals surface area contributed by atoms with E-state index in [1.165, 1.54) is 14.0 Å². The molecule has 1 aromatic heterocycles. The van der Waals surface area contributed by atoms with Crippen molar-refractivity contribution in [3.63, 3.8) is 0 Å². The third-order valence-electron chi connectivity index (χ3n) is 1.56. The van der Waals surface area contributed by atoms with Gasteiger partial charge in [0.2, 0.25) is 0 Å². The number of aromatic amines is 1. The lowest BCUT2D eigenvalue weighted by Gasteiger charge is -1.99. The fourth-order valence-corrected chi connectivity index (χ4v) is 0.974. The number of hydrogen-bond acceptors (Lipinski definition) is 1. The van der Waals surface area contributed by atoms with Gasteiger partial charge in [-0.05, 0) is 6.92 Å². The number of rotatable bonds is 1. The Morgan fingerprint density at radius 3 is 2.27 bits per heavy atom. The van der Waals surface area contributed by atoms with Crippen molar-refractivity contribution in [1.29, 1.82) is 0 Å². The average molecular weight is 162 g/mol. The number of aryl methyl sites for hydroxylation is 1. The summed E-state index contributed by atoms with van der Waals surface area (Å²) in [7, 11) is 1.38. The normalized spacial score (nSPS) is 11.0. The first-order valence-electron chi connectivity index (χ1n) is 3.07. The van der Waals surface area contributed by atoms with Gasteiger partial charge in [-0.15, -0.1) is 0 Å². The van der Waals surface area contributed by atoms with Crippen molar-refractivity contribution in [3.8, 4) is 0 Å². The topological polar surface area (TPSA) is 37.8 Å². The van der Waals surface area contributed by atoms with E-state index >= 15 is 0 Å². The van der Waals surface area contributed by atoms with Gasteiger partial charge in [0.1, 0.15) is 5.69 Å². The minimum absolute atomic E-state index is 0.0856. The van der Waals surface area contributed by atoms with Gasteiger partial charge >= 0.3 is 0 Å². The van der Waals surface area contributed by atoms with Gasteiger partial charge in [-0.25, -0.2) is 8.78 Å². The summed E-state index contributed by atoms with van der Waals surface area (Å²) in [5, 5.41) is 2.24. The molecule has 0 fully saturated rings. The molecule has 1 rings (SSSR count). The van der Waals surface area contributed by atoms with E-state index in [9.17, 15) is 13.6 Å². The van der Waals surface area contributed by atoms with Crippen molar-refractivity contribution in [2.75, 3.05) is 0 Å². The maximum Gasteiger partial charge on any atom is 0.280 e. The first kappa shape index (κ1) is 7.97. The molecular formula is C6H8F2N2O. The van der Waals surface area contributed by atoms with E-state index in [1.54, 1.807) is 0 Å². The zero-order valence-corrected chi connectivity index (χ0v) is 6.19. The average Bonchev–Trinajstić information content (AvgIpc) is 2.07. The number of H-pyrrole nitrogens is 1. The Bertz CT molecular complexity index is 313. The van der Waals surface area contributed by atoms with Crippen LogP contribution in [0.2, 0.25) is 0 Å². The van der Waals surface area contributed by atoms with Crippen molar-refractivity contribution in [2.24, 2.45) is 7.05 Å². The maximum atomic E-state index is 12.1. The van der Waals surface area contributed by atoms with Crippen LogP contribution in [-0.2, 0) is 7.05 Å². The summed E-state index contributed by atoms with van der Waals surface area (Å²) < 4.78 is 25.3. The monoisotopic (exact) mass is 162 g/mol. The molecule has 0 radical (unpaired) electrons. The number of nitrogens with one attached hydrogen (secondary N) is 1. The van der Waals surface area contributed by atoms with E-state index in [0.717, 1.165) is 4.68 Å². The molecule has 1 aromatic rings. The minimum Gasteiger partial charge on any atom is -0.286 e. The van der Waals surface area contributed by atoms with Gasteiger partial charge in [0, 0.05) is 12.6 Å². The highest BCUT2D eigenvalue weighted by Gasteiger charge is 2.17. The number of alkyl halides is 2. The fraction of sp³-hybridized carbons (Fsp3) is 0.500. The zero-order chi connectivity index (χ0) is 8.59. The second-order valence-corrected chi connectivity index (χ2v) is 2.31. The van der Waals surface area contributed by atoms with Crippen molar-refractivity contribution >= 4 is 0 Å². The fourth-order valence-electron chi connectivity index (χ4n) is 0.974. The summed E-state index contributed by atoms with van der Waals surface area (Å²) in [6.45, 7) is 1.38. The van der Waals surface area contributed by atoms with Crippen molar-refractivity contribution < 1.29 is 8.78 Å². The second kappa shape index (κ2) is 2.48. The number of aromatic nitrogens is 2. The molecule has 0 aliphatic heterocycles. The lowest BCUT2D eigenvalue weighted by atomic mass is 10.3. The largest absolute Gasteiger partial charge is 0.286 e. The maximum absolute atomic E-state index is 12.1. The first-order valence-corrected chi connectivity index (χ1v) is 3.07. The highest BCUT2D eigenvalue weighted by Crippen LogP contribution is 2.18. The van der Waals surface area contributed by atoms with Crippen LogP contribution in [0.25, 0.3) is 0 Å². The van der Waals surface area contributed by atoms with Crippen molar-refractivity contribution in [3.05, 3.63) is 21.6 Å².